The molecule has 118 valence electrons. The van der Waals surface area contributed by atoms with E-state index in [4.69, 9.17) is 0 Å². The van der Waals surface area contributed by atoms with Crippen LogP contribution in [0.3, 0.4) is 0 Å². The summed E-state index contributed by atoms with van der Waals surface area (Å²) in [6.07, 6.45) is 1.52. The van der Waals surface area contributed by atoms with Crippen LogP contribution in [0.5, 0.6) is 0 Å². The van der Waals surface area contributed by atoms with Crippen molar-refractivity contribution in [3.63, 3.8) is 0 Å². The van der Waals surface area contributed by atoms with E-state index in [1.807, 2.05) is 24.9 Å². The number of rotatable bonds is 5. The number of hydrogen-bond acceptors (Lipinski definition) is 2. The number of carbonyl (C=O) groups excluding carboxylic acids is 1. The third kappa shape index (κ3) is 4.97. The first-order chi connectivity index (χ1) is 9.60. The summed E-state index contributed by atoms with van der Waals surface area (Å²) in [6.45, 7) is 4.63. The molecule has 0 saturated carbocycles. The van der Waals surface area contributed by atoms with Gasteiger partial charge in [-0.2, -0.15) is 0 Å². The summed E-state index contributed by atoms with van der Waals surface area (Å²) in [6, 6.07) is 6.53. The largest absolute Gasteiger partial charge is 0.342 e. The van der Waals surface area contributed by atoms with Crippen molar-refractivity contribution in [3.05, 3.63) is 35.6 Å². The molecule has 1 aliphatic heterocycles. The second-order valence-corrected chi connectivity index (χ2v) is 5.71. The third-order valence-electron chi connectivity index (χ3n) is 4.03. The van der Waals surface area contributed by atoms with Gasteiger partial charge in [0.2, 0.25) is 5.91 Å². The molecule has 1 aromatic rings. The molecule has 1 heterocycles. The molecule has 1 amide bonds. The van der Waals surface area contributed by atoms with E-state index in [1.54, 1.807) is 6.07 Å². The van der Waals surface area contributed by atoms with E-state index in [9.17, 15) is 9.18 Å². The summed E-state index contributed by atoms with van der Waals surface area (Å²) in [5.74, 6) is 0.562. The molecule has 1 fully saturated rings. The number of benzene rings is 1. The first-order valence-electron chi connectivity index (χ1n) is 7.28. The van der Waals surface area contributed by atoms with Gasteiger partial charge >= 0.3 is 0 Å². The molecule has 2 unspecified atom stereocenters. The number of carbonyl (C=O) groups is 1. The lowest BCUT2D eigenvalue weighted by molar-refractivity contribution is -0.130. The number of amides is 1. The molecular weight excluding hydrogens is 291 g/mol. The fourth-order valence-electron chi connectivity index (χ4n) is 2.84. The molecule has 5 heteroatoms. The standard InChI is InChI=1S/C16H23FN2O.ClH/c1-12(14-4-3-5-15(17)9-14)8-16(20)19-7-6-13(11-19)10-18-2;/h3-5,9,12-13,18H,6-8,10-11H2,1-2H3;1H. The number of hydrogen-bond donors (Lipinski definition) is 1. The van der Waals surface area contributed by atoms with Gasteiger partial charge in [-0.05, 0) is 49.5 Å². The Balaban J connectivity index is 0.00000220. The zero-order chi connectivity index (χ0) is 14.5. The Morgan fingerprint density at radius 2 is 2.29 bits per heavy atom. The van der Waals surface area contributed by atoms with Crippen molar-refractivity contribution in [3.8, 4) is 0 Å². The van der Waals surface area contributed by atoms with E-state index in [-0.39, 0.29) is 30.0 Å². The van der Waals surface area contributed by atoms with Gasteiger partial charge in [0.15, 0.2) is 0 Å². The summed E-state index contributed by atoms with van der Waals surface area (Å²) < 4.78 is 13.2. The lowest BCUT2D eigenvalue weighted by Crippen LogP contribution is -2.31. The predicted molar refractivity (Wildman–Crippen MR) is 85.3 cm³/mol. The van der Waals surface area contributed by atoms with Crippen molar-refractivity contribution < 1.29 is 9.18 Å². The zero-order valence-corrected chi connectivity index (χ0v) is 13.5. The van der Waals surface area contributed by atoms with E-state index in [1.165, 1.54) is 12.1 Å². The molecule has 0 radical (unpaired) electrons. The molecule has 2 atom stereocenters. The van der Waals surface area contributed by atoms with Gasteiger partial charge in [0.05, 0.1) is 0 Å². The summed E-state index contributed by atoms with van der Waals surface area (Å²) >= 11 is 0. The van der Waals surface area contributed by atoms with Crippen molar-refractivity contribution in [2.45, 2.75) is 25.7 Å². The number of halogens is 2. The van der Waals surface area contributed by atoms with Crippen LogP contribution in [-0.4, -0.2) is 37.5 Å². The highest BCUT2D eigenvalue weighted by Gasteiger charge is 2.26. The number of nitrogens with zero attached hydrogens (tertiary/aromatic N) is 1. The zero-order valence-electron chi connectivity index (χ0n) is 12.6. The molecule has 0 bridgehead atoms. The summed E-state index contributed by atoms with van der Waals surface area (Å²) in [5, 5.41) is 3.16. The fourth-order valence-corrected chi connectivity index (χ4v) is 2.84. The first kappa shape index (κ1) is 17.9. The Bertz CT molecular complexity index is 469. The van der Waals surface area contributed by atoms with Crippen LogP contribution >= 0.6 is 12.4 Å². The molecule has 2 rings (SSSR count). The van der Waals surface area contributed by atoms with E-state index < -0.39 is 0 Å². The molecule has 1 aromatic carbocycles. The maximum atomic E-state index is 13.2. The van der Waals surface area contributed by atoms with Gasteiger partial charge < -0.3 is 10.2 Å². The van der Waals surface area contributed by atoms with Gasteiger partial charge in [-0.25, -0.2) is 4.39 Å². The minimum absolute atomic E-state index is 0. The summed E-state index contributed by atoms with van der Waals surface area (Å²) in [7, 11) is 1.94. The van der Waals surface area contributed by atoms with E-state index in [0.717, 1.165) is 31.6 Å². The molecule has 1 N–H and O–H groups in total. The average molecular weight is 315 g/mol. The third-order valence-corrected chi connectivity index (χ3v) is 4.03. The van der Waals surface area contributed by atoms with Crippen molar-refractivity contribution in [1.29, 1.82) is 0 Å². The van der Waals surface area contributed by atoms with Crippen LogP contribution < -0.4 is 5.32 Å². The lowest BCUT2D eigenvalue weighted by atomic mass is 9.97. The van der Waals surface area contributed by atoms with Crippen molar-refractivity contribution in [2.75, 3.05) is 26.7 Å². The van der Waals surface area contributed by atoms with E-state index in [0.29, 0.717) is 12.3 Å². The molecule has 3 nitrogen and oxygen atoms in total. The van der Waals surface area contributed by atoms with Gasteiger partial charge in [-0.15, -0.1) is 12.4 Å². The van der Waals surface area contributed by atoms with Gasteiger partial charge in [-0.3, -0.25) is 4.79 Å². The van der Waals surface area contributed by atoms with Crippen LogP contribution in [0.15, 0.2) is 24.3 Å². The van der Waals surface area contributed by atoms with Crippen LogP contribution in [0.1, 0.15) is 31.2 Å². The molecule has 0 aliphatic carbocycles. The van der Waals surface area contributed by atoms with Gasteiger partial charge in [0.25, 0.3) is 0 Å². The second kappa shape index (κ2) is 8.35. The van der Waals surface area contributed by atoms with Crippen molar-refractivity contribution >= 4 is 18.3 Å². The monoisotopic (exact) mass is 314 g/mol. The minimum atomic E-state index is -0.239. The first-order valence-corrected chi connectivity index (χ1v) is 7.28. The van der Waals surface area contributed by atoms with E-state index >= 15 is 0 Å². The van der Waals surface area contributed by atoms with Crippen LogP contribution in [0.25, 0.3) is 0 Å². The Kier molecular flexibility index (Phi) is 7.12. The van der Waals surface area contributed by atoms with Gasteiger partial charge in [0.1, 0.15) is 5.82 Å². The summed E-state index contributed by atoms with van der Waals surface area (Å²) in [5.41, 5.74) is 0.893. The van der Waals surface area contributed by atoms with Crippen molar-refractivity contribution in [2.24, 2.45) is 5.92 Å². The fraction of sp³-hybridized carbons (Fsp3) is 0.562. The van der Waals surface area contributed by atoms with Crippen LogP contribution in [0, 0.1) is 11.7 Å². The van der Waals surface area contributed by atoms with Gasteiger partial charge in [0, 0.05) is 19.5 Å². The second-order valence-electron chi connectivity index (χ2n) is 5.71. The summed E-state index contributed by atoms with van der Waals surface area (Å²) in [4.78, 5) is 14.2. The molecule has 1 saturated heterocycles. The highest BCUT2D eigenvalue weighted by atomic mass is 35.5. The maximum Gasteiger partial charge on any atom is 0.223 e. The van der Waals surface area contributed by atoms with Crippen LogP contribution in [0.2, 0.25) is 0 Å². The van der Waals surface area contributed by atoms with Gasteiger partial charge in [-0.1, -0.05) is 19.1 Å². The Morgan fingerprint density at radius 3 is 2.95 bits per heavy atom. The SMILES string of the molecule is CNCC1CCN(C(=O)CC(C)c2cccc(F)c2)C1.Cl. The lowest BCUT2D eigenvalue weighted by Gasteiger charge is -2.19. The number of nitrogens with one attached hydrogen (secondary N) is 1. The minimum Gasteiger partial charge on any atom is -0.342 e. The van der Waals surface area contributed by atoms with Crippen molar-refractivity contribution in [1.82, 2.24) is 10.2 Å². The molecule has 0 spiro atoms. The smallest absolute Gasteiger partial charge is 0.223 e. The molecular formula is C16H24ClFN2O. The molecule has 1 aliphatic rings. The van der Waals surface area contributed by atoms with Crippen LogP contribution in [0.4, 0.5) is 4.39 Å². The topological polar surface area (TPSA) is 32.3 Å². The maximum absolute atomic E-state index is 13.2. The predicted octanol–water partition coefficient (Wildman–Crippen LogP) is 2.81. The Morgan fingerprint density at radius 1 is 1.52 bits per heavy atom. The Labute approximate surface area is 132 Å². The van der Waals surface area contributed by atoms with Crippen LogP contribution in [-0.2, 0) is 4.79 Å². The normalized spacial score (nSPS) is 19.2. The van der Waals surface area contributed by atoms with E-state index in [2.05, 4.69) is 5.32 Å². The Hall–Kier alpha value is -1.13. The highest BCUT2D eigenvalue weighted by molar-refractivity contribution is 5.85. The number of likely N-dealkylation sites (tertiary alicyclic amines) is 1. The average Bonchev–Trinajstić information content (AvgIpc) is 2.88. The highest BCUT2D eigenvalue weighted by Crippen LogP contribution is 2.23. The quantitative estimate of drug-likeness (QED) is 0.906. The molecule has 0 aromatic heterocycles. The molecule has 21 heavy (non-hydrogen) atoms.